The molecule has 0 radical (unpaired) electrons. The van der Waals surface area contributed by atoms with Crippen molar-refractivity contribution in [3.63, 3.8) is 0 Å². The van der Waals surface area contributed by atoms with E-state index >= 15 is 0 Å². The molecule has 2 rings (SSSR count). The van der Waals surface area contributed by atoms with Gasteiger partial charge in [-0.2, -0.15) is 0 Å². The largest absolute Gasteiger partial charge is 0.474 e. The van der Waals surface area contributed by atoms with Crippen molar-refractivity contribution in [2.45, 2.75) is 39.2 Å². The zero-order valence-electron chi connectivity index (χ0n) is 11.0. The molecule has 0 aromatic carbocycles. The minimum Gasteiger partial charge on any atom is -0.474 e. The van der Waals surface area contributed by atoms with E-state index in [2.05, 4.69) is 18.8 Å². The van der Waals surface area contributed by atoms with Gasteiger partial charge >= 0.3 is 0 Å². The third kappa shape index (κ3) is 3.56. The van der Waals surface area contributed by atoms with Crippen molar-refractivity contribution in [3.05, 3.63) is 27.4 Å². The number of nitro groups is 1. The third-order valence-corrected chi connectivity index (χ3v) is 4.00. The standard InChI is InChI=1S/C13H17ClN2O3/c1-8-3-4-11(5-9(8)2)19-13-7-10(16(17)18)6-12(14)15-13/h6-9,11H,3-5H2,1-2H3. The van der Waals surface area contributed by atoms with E-state index < -0.39 is 4.92 Å². The molecule has 0 amide bonds. The number of pyridine rings is 1. The lowest BCUT2D eigenvalue weighted by Crippen LogP contribution is -2.29. The van der Waals surface area contributed by atoms with Crippen molar-refractivity contribution in [1.29, 1.82) is 0 Å². The summed E-state index contributed by atoms with van der Waals surface area (Å²) < 4.78 is 5.75. The number of nitrogens with zero attached hydrogens (tertiary/aromatic N) is 2. The van der Waals surface area contributed by atoms with Gasteiger partial charge in [0, 0.05) is 0 Å². The molecule has 1 saturated carbocycles. The molecule has 6 heteroatoms. The molecule has 1 aliphatic rings. The van der Waals surface area contributed by atoms with Gasteiger partial charge in [-0.25, -0.2) is 4.98 Å². The van der Waals surface area contributed by atoms with Crippen molar-refractivity contribution < 1.29 is 9.66 Å². The molecule has 0 bridgehead atoms. The Balaban J connectivity index is 2.09. The minimum absolute atomic E-state index is 0.0665. The molecule has 1 aromatic heterocycles. The van der Waals surface area contributed by atoms with E-state index in [1.807, 2.05) is 0 Å². The Bertz CT molecular complexity index is 481. The zero-order valence-corrected chi connectivity index (χ0v) is 11.8. The van der Waals surface area contributed by atoms with E-state index in [4.69, 9.17) is 16.3 Å². The first-order chi connectivity index (χ1) is 8.95. The molecule has 5 nitrogen and oxygen atoms in total. The maximum absolute atomic E-state index is 10.8. The van der Waals surface area contributed by atoms with E-state index in [0.717, 1.165) is 19.3 Å². The maximum atomic E-state index is 10.8. The van der Waals surface area contributed by atoms with Crippen molar-refractivity contribution in [2.75, 3.05) is 0 Å². The van der Waals surface area contributed by atoms with Crippen molar-refractivity contribution in [2.24, 2.45) is 11.8 Å². The third-order valence-electron chi connectivity index (χ3n) is 3.80. The second-order valence-corrected chi connectivity index (χ2v) is 5.64. The monoisotopic (exact) mass is 284 g/mol. The Hall–Kier alpha value is -1.36. The molecule has 1 fully saturated rings. The average molecular weight is 285 g/mol. The molecule has 3 unspecified atom stereocenters. The van der Waals surface area contributed by atoms with Crippen LogP contribution in [0.15, 0.2) is 12.1 Å². The second kappa shape index (κ2) is 5.74. The highest BCUT2D eigenvalue weighted by molar-refractivity contribution is 6.29. The molecule has 0 spiro atoms. The molecule has 0 saturated heterocycles. The van der Waals surface area contributed by atoms with Crippen molar-refractivity contribution in [3.8, 4) is 5.88 Å². The fourth-order valence-electron chi connectivity index (χ4n) is 2.40. The van der Waals surface area contributed by atoms with Gasteiger partial charge < -0.3 is 4.74 Å². The summed E-state index contributed by atoms with van der Waals surface area (Å²) in [6, 6.07) is 2.55. The van der Waals surface area contributed by atoms with Crippen LogP contribution in [0.2, 0.25) is 5.15 Å². The Morgan fingerprint density at radius 3 is 2.74 bits per heavy atom. The fraction of sp³-hybridized carbons (Fsp3) is 0.615. The summed E-state index contributed by atoms with van der Waals surface area (Å²) in [6.45, 7) is 4.44. The van der Waals surface area contributed by atoms with Gasteiger partial charge in [-0.05, 0) is 31.1 Å². The summed E-state index contributed by atoms with van der Waals surface area (Å²) in [6.07, 6.45) is 3.07. The summed E-state index contributed by atoms with van der Waals surface area (Å²) in [7, 11) is 0. The molecule has 104 valence electrons. The van der Waals surface area contributed by atoms with E-state index in [0.29, 0.717) is 11.8 Å². The van der Waals surface area contributed by atoms with Crippen molar-refractivity contribution >= 4 is 17.3 Å². The highest BCUT2D eigenvalue weighted by atomic mass is 35.5. The smallest absolute Gasteiger partial charge is 0.277 e. The number of ether oxygens (including phenoxy) is 1. The fourth-order valence-corrected chi connectivity index (χ4v) is 2.60. The van der Waals surface area contributed by atoms with Gasteiger partial charge in [0.2, 0.25) is 5.88 Å². The predicted octanol–water partition coefficient (Wildman–Crippen LogP) is 3.85. The lowest BCUT2D eigenvalue weighted by atomic mass is 9.80. The number of rotatable bonds is 3. The van der Waals surface area contributed by atoms with Crippen LogP contribution in [-0.2, 0) is 0 Å². The SMILES string of the molecule is CC1CCC(Oc2cc([N+](=O)[O-])cc(Cl)n2)CC1C. The van der Waals surface area contributed by atoms with Crippen molar-refractivity contribution in [1.82, 2.24) is 4.98 Å². The summed E-state index contributed by atoms with van der Waals surface area (Å²) in [5, 5.41) is 10.8. The average Bonchev–Trinajstić information content (AvgIpc) is 2.33. The number of aromatic nitrogens is 1. The maximum Gasteiger partial charge on any atom is 0.277 e. The Kier molecular flexibility index (Phi) is 4.24. The van der Waals surface area contributed by atoms with Crippen LogP contribution in [0.1, 0.15) is 33.1 Å². The molecule has 1 aliphatic carbocycles. The molecule has 1 heterocycles. The van der Waals surface area contributed by atoms with Gasteiger partial charge in [0.25, 0.3) is 5.69 Å². The van der Waals surface area contributed by atoms with Crippen LogP contribution in [0.3, 0.4) is 0 Å². The van der Waals surface area contributed by atoms with Crippen LogP contribution in [-0.4, -0.2) is 16.0 Å². The van der Waals surface area contributed by atoms with Gasteiger partial charge in [-0.1, -0.05) is 25.4 Å². The molecule has 1 aromatic rings. The number of halogens is 1. The quantitative estimate of drug-likeness (QED) is 0.480. The lowest BCUT2D eigenvalue weighted by molar-refractivity contribution is -0.385. The first-order valence-corrected chi connectivity index (χ1v) is 6.82. The van der Waals surface area contributed by atoms with Crippen LogP contribution in [0.5, 0.6) is 5.88 Å². The summed E-state index contributed by atoms with van der Waals surface area (Å²) in [5.41, 5.74) is -0.0905. The van der Waals surface area contributed by atoms with E-state index in [9.17, 15) is 10.1 Å². The van der Waals surface area contributed by atoms with Crippen LogP contribution in [0.25, 0.3) is 0 Å². The highest BCUT2D eigenvalue weighted by Gasteiger charge is 2.26. The van der Waals surface area contributed by atoms with E-state index in [1.165, 1.54) is 12.1 Å². The van der Waals surface area contributed by atoms with E-state index in [1.54, 1.807) is 0 Å². The van der Waals surface area contributed by atoms with Gasteiger partial charge in [0.1, 0.15) is 11.3 Å². The highest BCUT2D eigenvalue weighted by Crippen LogP contribution is 2.32. The lowest BCUT2D eigenvalue weighted by Gasteiger charge is -2.31. The number of hydrogen-bond donors (Lipinski definition) is 0. The van der Waals surface area contributed by atoms with Gasteiger partial charge in [-0.3, -0.25) is 10.1 Å². The van der Waals surface area contributed by atoms with Crippen LogP contribution in [0.4, 0.5) is 5.69 Å². The molecule has 3 atom stereocenters. The molecule has 0 N–H and O–H groups in total. The predicted molar refractivity (Wildman–Crippen MR) is 72.5 cm³/mol. The molecule has 0 aliphatic heterocycles. The number of hydrogen-bond acceptors (Lipinski definition) is 4. The second-order valence-electron chi connectivity index (χ2n) is 5.25. The minimum atomic E-state index is -0.494. The van der Waals surface area contributed by atoms with Crippen LogP contribution in [0, 0.1) is 22.0 Å². The first-order valence-electron chi connectivity index (χ1n) is 6.44. The summed E-state index contributed by atoms with van der Waals surface area (Å²) in [5.74, 6) is 1.53. The summed E-state index contributed by atoms with van der Waals surface area (Å²) >= 11 is 5.77. The summed E-state index contributed by atoms with van der Waals surface area (Å²) in [4.78, 5) is 14.3. The normalized spacial score (nSPS) is 27.0. The van der Waals surface area contributed by atoms with Crippen LogP contribution >= 0.6 is 11.6 Å². The molecule has 19 heavy (non-hydrogen) atoms. The zero-order chi connectivity index (χ0) is 14.0. The van der Waals surface area contributed by atoms with Gasteiger partial charge in [0.05, 0.1) is 17.1 Å². The Morgan fingerprint density at radius 1 is 1.37 bits per heavy atom. The first kappa shape index (κ1) is 14.1. The van der Waals surface area contributed by atoms with Gasteiger partial charge in [-0.15, -0.1) is 0 Å². The van der Waals surface area contributed by atoms with E-state index in [-0.39, 0.29) is 22.8 Å². The Labute approximate surface area is 117 Å². The topological polar surface area (TPSA) is 65.3 Å². The molecular weight excluding hydrogens is 268 g/mol. The Morgan fingerprint density at radius 2 is 2.11 bits per heavy atom. The van der Waals surface area contributed by atoms with Crippen LogP contribution < -0.4 is 4.74 Å². The van der Waals surface area contributed by atoms with Gasteiger partial charge in [0.15, 0.2) is 0 Å². The molecular formula is C13H17ClN2O3.